The molecule has 0 saturated carbocycles. The lowest BCUT2D eigenvalue weighted by Gasteiger charge is -2.39. The number of fused-ring (bicyclic) bond motifs is 2. The van der Waals surface area contributed by atoms with Gasteiger partial charge in [0.2, 0.25) is 0 Å². The SMILES string of the molecule is CCC1(C)CCN(c2cnc3c(n2)CN=C3N2CCCc3c(-c4ccccc4)cccc32)CC1. The first-order chi connectivity index (χ1) is 16.6. The van der Waals surface area contributed by atoms with Crippen LogP contribution in [0.5, 0.6) is 0 Å². The largest absolute Gasteiger partial charge is 0.355 e. The maximum absolute atomic E-state index is 5.04. The highest BCUT2D eigenvalue weighted by atomic mass is 15.2. The smallest absolute Gasteiger partial charge is 0.156 e. The molecule has 3 aliphatic rings. The van der Waals surface area contributed by atoms with Gasteiger partial charge in [-0.3, -0.25) is 4.99 Å². The first kappa shape index (κ1) is 21.3. The van der Waals surface area contributed by atoms with Gasteiger partial charge in [-0.1, -0.05) is 62.7 Å². The topological polar surface area (TPSA) is 44.6 Å². The van der Waals surface area contributed by atoms with Gasteiger partial charge in [0.25, 0.3) is 0 Å². The maximum Gasteiger partial charge on any atom is 0.156 e. The van der Waals surface area contributed by atoms with E-state index in [9.17, 15) is 0 Å². The Morgan fingerprint density at radius 1 is 0.971 bits per heavy atom. The zero-order valence-electron chi connectivity index (χ0n) is 20.3. The summed E-state index contributed by atoms with van der Waals surface area (Å²) >= 11 is 0. The molecule has 34 heavy (non-hydrogen) atoms. The van der Waals surface area contributed by atoms with Crippen molar-refractivity contribution in [3.63, 3.8) is 0 Å². The standard InChI is InChI=1S/C29H33N5/c1-3-29(2)14-17-33(18-15-29)26-20-30-27-24(32-26)19-31-28(27)34-16-8-12-23-22(11-7-13-25(23)34)21-9-5-4-6-10-21/h4-7,9-11,13,20H,3,8,12,14-19H2,1-2H3. The van der Waals surface area contributed by atoms with Crippen LogP contribution in [0.15, 0.2) is 59.7 Å². The quantitative estimate of drug-likeness (QED) is 0.499. The Balaban J connectivity index is 1.28. The number of aromatic nitrogens is 2. The van der Waals surface area contributed by atoms with Crippen LogP contribution in [0.1, 0.15) is 56.5 Å². The van der Waals surface area contributed by atoms with Crippen LogP contribution >= 0.6 is 0 Å². The summed E-state index contributed by atoms with van der Waals surface area (Å²) in [6.45, 7) is 8.44. The number of aliphatic imine (C=N–C) groups is 1. The fraction of sp³-hybridized carbons (Fsp3) is 0.414. The predicted octanol–water partition coefficient (Wildman–Crippen LogP) is 5.87. The highest BCUT2D eigenvalue weighted by Crippen LogP contribution is 2.38. The van der Waals surface area contributed by atoms with E-state index in [1.165, 1.54) is 41.6 Å². The molecule has 4 heterocycles. The molecule has 0 radical (unpaired) electrons. The zero-order chi connectivity index (χ0) is 23.1. The molecule has 0 aliphatic carbocycles. The maximum atomic E-state index is 5.04. The summed E-state index contributed by atoms with van der Waals surface area (Å²) in [6.07, 6.45) is 7.86. The van der Waals surface area contributed by atoms with Crippen molar-refractivity contribution in [1.29, 1.82) is 0 Å². The lowest BCUT2D eigenvalue weighted by atomic mass is 9.78. The highest BCUT2D eigenvalue weighted by molar-refractivity contribution is 6.11. The van der Waals surface area contributed by atoms with Crippen LogP contribution < -0.4 is 9.80 Å². The van der Waals surface area contributed by atoms with Crippen molar-refractivity contribution in [2.45, 2.75) is 52.5 Å². The molecule has 0 spiro atoms. The Hall–Kier alpha value is -3.21. The molecule has 0 amide bonds. The predicted molar refractivity (Wildman–Crippen MR) is 140 cm³/mol. The van der Waals surface area contributed by atoms with Crippen molar-refractivity contribution in [1.82, 2.24) is 9.97 Å². The molecule has 0 atom stereocenters. The van der Waals surface area contributed by atoms with E-state index in [1.807, 2.05) is 6.20 Å². The fourth-order valence-corrected chi connectivity index (χ4v) is 5.67. The van der Waals surface area contributed by atoms with Crippen molar-refractivity contribution in [2.75, 3.05) is 29.4 Å². The van der Waals surface area contributed by atoms with Gasteiger partial charge in [-0.15, -0.1) is 0 Å². The highest BCUT2D eigenvalue weighted by Gasteiger charge is 2.32. The second kappa shape index (κ2) is 8.53. The molecule has 1 fully saturated rings. The molecule has 3 aliphatic heterocycles. The minimum absolute atomic E-state index is 0.469. The van der Waals surface area contributed by atoms with Gasteiger partial charge in [-0.05, 0) is 53.9 Å². The van der Waals surface area contributed by atoms with Gasteiger partial charge >= 0.3 is 0 Å². The van der Waals surface area contributed by atoms with E-state index in [4.69, 9.17) is 15.0 Å². The fourth-order valence-electron chi connectivity index (χ4n) is 5.67. The number of anilines is 2. The molecule has 174 valence electrons. The van der Waals surface area contributed by atoms with Crippen LogP contribution in [-0.2, 0) is 13.0 Å². The molecule has 1 aromatic heterocycles. The molecular weight excluding hydrogens is 418 g/mol. The molecule has 2 aromatic carbocycles. The molecule has 3 aromatic rings. The van der Waals surface area contributed by atoms with E-state index in [2.05, 4.69) is 72.2 Å². The number of hydrogen-bond donors (Lipinski definition) is 0. The Labute approximate surface area is 202 Å². The third kappa shape index (κ3) is 3.67. The van der Waals surface area contributed by atoms with Gasteiger partial charge < -0.3 is 9.80 Å². The monoisotopic (exact) mass is 451 g/mol. The van der Waals surface area contributed by atoms with Gasteiger partial charge in [0.05, 0.1) is 18.4 Å². The average Bonchev–Trinajstić information content (AvgIpc) is 3.32. The number of hydrogen-bond acceptors (Lipinski definition) is 5. The summed E-state index contributed by atoms with van der Waals surface area (Å²) in [5.41, 5.74) is 7.72. The van der Waals surface area contributed by atoms with E-state index in [1.54, 1.807) is 0 Å². The first-order valence-electron chi connectivity index (χ1n) is 12.8. The Bertz CT molecular complexity index is 1220. The third-order valence-electron chi connectivity index (χ3n) is 8.16. The van der Waals surface area contributed by atoms with Crippen LogP contribution in [-0.4, -0.2) is 35.4 Å². The van der Waals surface area contributed by atoms with E-state index >= 15 is 0 Å². The van der Waals surface area contributed by atoms with Crippen LogP contribution in [0.4, 0.5) is 11.5 Å². The number of amidine groups is 1. The normalized spacial score (nSPS) is 18.9. The second-order valence-corrected chi connectivity index (χ2v) is 10.2. The van der Waals surface area contributed by atoms with Gasteiger partial charge in [0.1, 0.15) is 11.5 Å². The molecule has 0 N–H and O–H groups in total. The zero-order valence-corrected chi connectivity index (χ0v) is 20.3. The summed E-state index contributed by atoms with van der Waals surface area (Å²) in [6, 6.07) is 17.4. The van der Waals surface area contributed by atoms with Gasteiger partial charge in [-0.2, -0.15) is 0 Å². The molecule has 1 saturated heterocycles. The summed E-state index contributed by atoms with van der Waals surface area (Å²) in [5.74, 6) is 2.00. The minimum atomic E-state index is 0.469. The molecular formula is C29H33N5. The van der Waals surface area contributed by atoms with Crippen molar-refractivity contribution < 1.29 is 0 Å². The van der Waals surface area contributed by atoms with E-state index < -0.39 is 0 Å². The summed E-state index contributed by atoms with van der Waals surface area (Å²) in [4.78, 5) is 19.7. The van der Waals surface area contributed by atoms with Crippen LogP contribution in [0.2, 0.25) is 0 Å². The first-order valence-corrected chi connectivity index (χ1v) is 12.8. The van der Waals surface area contributed by atoms with Crippen LogP contribution in [0.25, 0.3) is 11.1 Å². The number of nitrogens with zero attached hydrogens (tertiary/aromatic N) is 5. The molecule has 5 heteroatoms. The van der Waals surface area contributed by atoms with E-state index in [0.717, 1.165) is 55.5 Å². The van der Waals surface area contributed by atoms with Crippen molar-refractivity contribution in [2.24, 2.45) is 10.4 Å². The summed E-state index contributed by atoms with van der Waals surface area (Å²) in [7, 11) is 0. The van der Waals surface area contributed by atoms with E-state index in [-0.39, 0.29) is 0 Å². The lowest BCUT2D eigenvalue weighted by molar-refractivity contribution is 0.237. The molecule has 0 unspecified atom stereocenters. The second-order valence-electron chi connectivity index (χ2n) is 10.2. The Kier molecular flexibility index (Phi) is 5.35. The third-order valence-corrected chi connectivity index (χ3v) is 8.16. The molecule has 6 rings (SSSR count). The molecule has 5 nitrogen and oxygen atoms in total. The number of rotatable bonds is 3. The van der Waals surface area contributed by atoms with Crippen molar-refractivity contribution in [3.05, 3.63) is 71.7 Å². The van der Waals surface area contributed by atoms with Crippen LogP contribution in [0, 0.1) is 5.41 Å². The van der Waals surface area contributed by atoms with Gasteiger partial charge in [-0.25, -0.2) is 9.97 Å². The Morgan fingerprint density at radius 3 is 2.59 bits per heavy atom. The van der Waals surface area contributed by atoms with Crippen molar-refractivity contribution in [3.8, 4) is 11.1 Å². The van der Waals surface area contributed by atoms with Crippen LogP contribution in [0.3, 0.4) is 0 Å². The average molecular weight is 452 g/mol. The van der Waals surface area contributed by atoms with Crippen molar-refractivity contribution >= 4 is 17.3 Å². The Morgan fingerprint density at radius 2 is 1.79 bits per heavy atom. The van der Waals surface area contributed by atoms with Gasteiger partial charge in [0.15, 0.2) is 5.84 Å². The minimum Gasteiger partial charge on any atom is -0.355 e. The van der Waals surface area contributed by atoms with E-state index in [0.29, 0.717) is 12.0 Å². The summed E-state index contributed by atoms with van der Waals surface area (Å²) < 4.78 is 0. The lowest BCUT2D eigenvalue weighted by Crippen LogP contribution is -2.39. The van der Waals surface area contributed by atoms with Gasteiger partial charge in [0, 0.05) is 25.3 Å². The number of piperidine rings is 1. The molecule has 0 bridgehead atoms. The summed E-state index contributed by atoms with van der Waals surface area (Å²) in [5, 5.41) is 0. The number of benzene rings is 2.